The van der Waals surface area contributed by atoms with Gasteiger partial charge in [0.2, 0.25) is 0 Å². The maximum absolute atomic E-state index is 6.46. The fourth-order valence-corrected chi connectivity index (χ4v) is 6.54. The Morgan fingerprint density at radius 1 is 0.812 bits per heavy atom. The summed E-state index contributed by atoms with van der Waals surface area (Å²) in [6.45, 7) is 15.4. The molecule has 6 heteroatoms. The molecular weight excluding hydrogens is 772 g/mol. The van der Waals surface area contributed by atoms with Crippen molar-refractivity contribution in [2.45, 2.75) is 60.8 Å². The van der Waals surface area contributed by atoms with Gasteiger partial charge in [0.1, 0.15) is 5.82 Å². The van der Waals surface area contributed by atoms with Crippen molar-refractivity contribution in [3.8, 4) is 34.1 Å². The Morgan fingerprint density at radius 3 is 2.33 bits per heavy atom. The predicted molar refractivity (Wildman–Crippen MR) is 192 cm³/mol. The quantitative estimate of drug-likeness (QED) is 0.151. The van der Waals surface area contributed by atoms with E-state index in [0.717, 1.165) is 56.9 Å². The van der Waals surface area contributed by atoms with Gasteiger partial charge in [-0.05, 0) is 77.6 Å². The minimum absolute atomic E-state index is 0. The molecule has 0 spiro atoms. The molecule has 0 fully saturated rings. The van der Waals surface area contributed by atoms with Crippen molar-refractivity contribution in [1.29, 1.82) is 0 Å². The summed E-state index contributed by atoms with van der Waals surface area (Å²) in [5, 5.41) is 7.18. The number of ether oxygens (including phenoxy) is 1. The third-order valence-corrected chi connectivity index (χ3v) is 8.67. The van der Waals surface area contributed by atoms with Crippen LogP contribution in [0.25, 0.3) is 44.4 Å². The second-order valence-electron chi connectivity index (χ2n) is 13.9. The normalized spacial score (nSPS) is 11.8. The summed E-state index contributed by atoms with van der Waals surface area (Å²) in [6, 6.07) is 38.6. The molecule has 7 rings (SSSR count). The van der Waals surface area contributed by atoms with Gasteiger partial charge >= 0.3 is 21.1 Å². The predicted octanol–water partition coefficient (Wildman–Crippen LogP) is 10.8. The Kier molecular flexibility index (Phi) is 9.20. The summed E-state index contributed by atoms with van der Waals surface area (Å²) >= 11 is 0. The minimum atomic E-state index is 0. The molecule has 0 aliphatic rings. The number of fused-ring (bicyclic) bond motifs is 3. The van der Waals surface area contributed by atoms with Crippen LogP contribution in [0.3, 0.4) is 0 Å². The molecule has 5 nitrogen and oxygen atoms in total. The Hall–Kier alpha value is -4.47. The molecule has 244 valence electrons. The second kappa shape index (κ2) is 13.2. The number of hydrogen-bond acceptors (Lipinski definition) is 3. The SMILES string of the molecule is Cc1nn(-c2[c-]c(Oc3[c-]c4c(cc3)c3cc(C(C)C)ccc3n4-c3cc(CC(C)(C)C)ccn3)ccc2)c(C)c1-c1ccccc1.[Pt+2]. The van der Waals surface area contributed by atoms with E-state index in [2.05, 4.69) is 119 Å². The third-order valence-electron chi connectivity index (χ3n) is 8.67. The van der Waals surface area contributed by atoms with Gasteiger partial charge in [-0.3, -0.25) is 4.68 Å². The van der Waals surface area contributed by atoms with Gasteiger partial charge in [0.15, 0.2) is 0 Å². The van der Waals surface area contributed by atoms with Gasteiger partial charge in [0, 0.05) is 34.5 Å². The van der Waals surface area contributed by atoms with E-state index in [1.165, 1.54) is 16.5 Å². The first-order valence-corrected chi connectivity index (χ1v) is 16.3. The topological polar surface area (TPSA) is 44.9 Å². The largest absolute Gasteiger partial charge is 2.00 e. The van der Waals surface area contributed by atoms with Crippen molar-refractivity contribution in [1.82, 2.24) is 19.3 Å². The zero-order valence-electron chi connectivity index (χ0n) is 28.5. The van der Waals surface area contributed by atoms with E-state index >= 15 is 0 Å². The van der Waals surface area contributed by atoms with Gasteiger partial charge in [0.05, 0.1) is 5.69 Å². The van der Waals surface area contributed by atoms with Crippen LogP contribution in [-0.2, 0) is 27.5 Å². The van der Waals surface area contributed by atoms with Gasteiger partial charge in [-0.2, -0.15) is 17.2 Å². The molecule has 48 heavy (non-hydrogen) atoms. The molecule has 0 N–H and O–H groups in total. The molecule has 0 aliphatic carbocycles. The fraction of sp³-hybridized carbons (Fsp3) is 0.238. The molecule has 4 aromatic carbocycles. The Morgan fingerprint density at radius 2 is 1.58 bits per heavy atom. The minimum Gasteiger partial charge on any atom is -0.509 e. The molecule has 0 amide bonds. The summed E-state index contributed by atoms with van der Waals surface area (Å²) in [5.74, 6) is 2.52. The van der Waals surface area contributed by atoms with Gasteiger partial charge in [-0.15, -0.1) is 35.7 Å². The molecule has 0 aliphatic heterocycles. The van der Waals surface area contributed by atoms with Crippen LogP contribution in [0.2, 0.25) is 0 Å². The van der Waals surface area contributed by atoms with Gasteiger partial charge in [-0.25, -0.2) is 4.98 Å². The van der Waals surface area contributed by atoms with E-state index in [9.17, 15) is 0 Å². The number of aromatic nitrogens is 4. The molecular formula is C42H40N4OPt. The van der Waals surface area contributed by atoms with Crippen LogP contribution in [0, 0.1) is 31.4 Å². The van der Waals surface area contributed by atoms with Crippen molar-refractivity contribution in [3.05, 3.63) is 132 Å². The Bertz CT molecular complexity index is 2240. The average molecular weight is 812 g/mol. The molecule has 0 bridgehead atoms. The second-order valence-corrected chi connectivity index (χ2v) is 13.9. The maximum atomic E-state index is 6.46. The first-order valence-electron chi connectivity index (χ1n) is 16.3. The molecule has 3 heterocycles. The molecule has 0 unspecified atom stereocenters. The summed E-state index contributed by atoms with van der Waals surface area (Å²) in [6.07, 6.45) is 2.88. The Balaban J connectivity index is 0.00000401. The van der Waals surface area contributed by atoms with E-state index in [4.69, 9.17) is 14.8 Å². The van der Waals surface area contributed by atoms with Crippen LogP contribution in [0.5, 0.6) is 11.5 Å². The standard InChI is InChI=1S/C42H40N4O.Pt/c1-27(2)32-16-19-38-37(23-32)36-18-17-35(25-39(36)45(38)40-22-30(20-21-43-40)26-42(5,6)7)47-34-15-11-14-33(24-34)46-29(4)41(28(3)44-46)31-12-9-8-10-13-31;/h8-23,27H,26H2,1-7H3;/q-2;+2. The molecule has 3 aromatic heterocycles. The number of nitrogens with zero attached hydrogens (tertiary/aromatic N) is 4. The Labute approximate surface area is 297 Å². The summed E-state index contributed by atoms with van der Waals surface area (Å²) < 4.78 is 10.6. The van der Waals surface area contributed by atoms with E-state index in [0.29, 0.717) is 17.4 Å². The number of aryl methyl sites for hydroxylation is 1. The summed E-state index contributed by atoms with van der Waals surface area (Å²) in [7, 11) is 0. The third kappa shape index (κ3) is 6.49. The summed E-state index contributed by atoms with van der Waals surface area (Å²) in [5.41, 5.74) is 9.90. The van der Waals surface area contributed by atoms with E-state index in [-0.39, 0.29) is 26.5 Å². The smallest absolute Gasteiger partial charge is 0.509 e. The first kappa shape index (κ1) is 33.4. The van der Waals surface area contributed by atoms with E-state index in [1.807, 2.05) is 48.1 Å². The molecule has 0 atom stereocenters. The van der Waals surface area contributed by atoms with Crippen molar-refractivity contribution in [2.24, 2.45) is 5.41 Å². The van der Waals surface area contributed by atoms with E-state index in [1.54, 1.807) is 0 Å². The first-order chi connectivity index (χ1) is 22.6. The number of pyridine rings is 1. The van der Waals surface area contributed by atoms with Crippen LogP contribution in [0.15, 0.2) is 97.2 Å². The number of benzene rings is 4. The van der Waals surface area contributed by atoms with Crippen molar-refractivity contribution in [2.75, 3.05) is 0 Å². The van der Waals surface area contributed by atoms with Crippen LogP contribution in [-0.4, -0.2) is 19.3 Å². The maximum Gasteiger partial charge on any atom is 2.00 e. The summed E-state index contributed by atoms with van der Waals surface area (Å²) in [4.78, 5) is 4.85. The molecule has 0 radical (unpaired) electrons. The molecule has 0 saturated heterocycles. The van der Waals surface area contributed by atoms with Crippen molar-refractivity contribution in [3.63, 3.8) is 0 Å². The molecule has 7 aromatic rings. The van der Waals surface area contributed by atoms with Crippen molar-refractivity contribution < 1.29 is 25.8 Å². The average Bonchev–Trinajstić information content (AvgIpc) is 3.53. The zero-order valence-corrected chi connectivity index (χ0v) is 30.8. The van der Waals surface area contributed by atoms with Crippen LogP contribution in [0.4, 0.5) is 0 Å². The van der Waals surface area contributed by atoms with Gasteiger partial charge in [0.25, 0.3) is 0 Å². The van der Waals surface area contributed by atoms with Crippen LogP contribution < -0.4 is 4.74 Å². The van der Waals surface area contributed by atoms with Gasteiger partial charge < -0.3 is 9.30 Å². The van der Waals surface area contributed by atoms with Crippen molar-refractivity contribution >= 4 is 21.8 Å². The number of rotatable bonds is 7. The van der Waals surface area contributed by atoms with E-state index < -0.39 is 0 Å². The van der Waals surface area contributed by atoms with Crippen LogP contribution >= 0.6 is 0 Å². The molecule has 0 saturated carbocycles. The monoisotopic (exact) mass is 811 g/mol. The number of hydrogen-bond donors (Lipinski definition) is 0. The van der Waals surface area contributed by atoms with Crippen LogP contribution in [0.1, 0.15) is 63.1 Å². The fourth-order valence-electron chi connectivity index (χ4n) is 6.54. The van der Waals surface area contributed by atoms with Gasteiger partial charge in [-0.1, -0.05) is 82.6 Å². The zero-order chi connectivity index (χ0) is 32.9.